The molecule has 39 heavy (non-hydrogen) atoms. The van der Waals surface area contributed by atoms with E-state index in [4.69, 9.17) is 5.10 Å². The van der Waals surface area contributed by atoms with E-state index >= 15 is 0 Å². The standard InChI is InChI=1S/C30H26N8S/c1-21-27(18-35-38(21)26-9-12-36(13-10-26)20-25-7-4-5-11-33-25)23-14-29(30-24(16-32)17-34-37(30)19-23)39-28-8-3-2-6-22(28)15-31/h2-8,11,14,17-19,26H,9-10,12-13,20H2,1H3. The quantitative estimate of drug-likeness (QED) is 0.280. The molecule has 9 heteroatoms. The topological polar surface area (TPSA) is 98.8 Å². The van der Waals surface area contributed by atoms with Crippen molar-refractivity contribution in [2.75, 3.05) is 13.1 Å². The molecule has 0 spiro atoms. The summed E-state index contributed by atoms with van der Waals surface area (Å²) in [5.74, 6) is 0. The normalized spacial score (nSPS) is 14.3. The number of likely N-dealkylation sites (tertiary alicyclic amines) is 1. The van der Waals surface area contributed by atoms with Crippen LogP contribution in [-0.2, 0) is 6.54 Å². The molecule has 0 bridgehead atoms. The van der Waals surface area contributed by atoms with Crippen LogP contribution in [0.25, 0.3) is 16.6 Å². The number of hydrogen-bond donors (Lipinski definition) is 0. The third kappa shape index (κ3) is 4.90. The molecular formula is C30H26N8S. The average Bonchev–Trinajstić information content (AvgIpc) is 3.57. The molecule has 4 aromatic heterocycles. The molecule has 6 rings (SSSR count). The summed E-state index contributed by atoms with van der Waals surface area (Å²) >= 11 is 1.48. The summed E-state index contributed by atoms with van der Waals surface area (Å²) in [6.45, 7) is 5.01. The molecule has 0 unspecified atom stereocenters. The number of fused-ring (bicyclic) bond motifs is 1. The third-order valence-corrected chi connectivity index (χ3v) is 8.40. The molecule has 1 aromatic carbocycles. The van der Waals surface area contributed by atoms with Gasteiger partial charge in [0.25, 0.3) is 0 Å². The number of nitriles is 2. The van der Waals surface area contributed by atoms with Crippen LogP contribution in [0.2, 0.25) is 0 Å². The van der Waals surface area contributed by atoms with Crippen LogP contribution in [0.3, 0.4) is 0 Å². The largest absolute Gasteiger partial charge is 0.297 e. The molecule has 1 aliphatic rings. The van der Waals surface area contributed by atoms with Crippen molar-refractivity contribution < 1.29 is 0 Å². The number of hydrogen-bond acceptors (Lipinski definition) is 7. The van der Waals surface area contributed by atoms with Crippen LogP contribution < -0.4 is 0 Å². The Labute approximate surface area is 231 Å². The van der Waals surface area contributed by atoms with Crippen molar-refractivity contribution in [3.8, 4) is 23.3 Å². The summed E-state index contributed by atoms with van der Waals surface area (Å²) in [7, 11) is 0. The summed E-state index contributed by atoms with van der Waals surface area (Å²) in [5, 5.41) is 28.6. The van der Waals surface area contributed by atoms with Gasteiger partial charge in [-0.2, -0.15) is 20.7 Å². The molecule has 1 saturated heterocycles. The van der Waals surface area contributed by atoms with Gasteiger partial charge in [-0.3, -0.25) is 14.6 Å². The third-order valence-electron chi connectivity index (χ3n) is 7.30. The highest BCUT2D eigenvalue weighted by Crippen LogP contribution is 2.38. The van der Waals surface area contributed by atoms with E-state index in [1.165, 1.54) is 11.8 Å². The maximum Gasteiger partial charge on any atom is 0.103 e. The lowest BCUT2D eigenvalue weighted by Gasteiger charge is -2.32. The van der Waals surface area contributed by atoms with Crippen molar-refractivity contribution in [1.29, 1.82) is 10.5 Å². The van der Waals surface area contributed by atoms with E-state index in [-0.39, 0.29) is 0 Å². The van der Waals surface area contributed by atoms with Crippen molar-refractivity contribution in [1.82, 2.24) is 29.3 Å². The number of benzene rings is 1. The minimum absolute atomic E-state index is 0.341. The monoisotopic (exact) mass is 530 g/mol. The van der Waals surface area contributed by atoms with Crippen molar-refractivity contribution in [2.24, 2.45) is 0 Å². The maximum absolute atomic E-state index is 9.71. The lowest BCUT2D eigenvalue weighted by Crippen LogP contribution is -2.35. The first-order valence-corrected chi connectivity index (χ1v) is 13.7. The van der Waals surface area contributed by atoms with E-state index in [0.29, 0.717) is 17.2 Å². The van der Waals surface area contributed by atoms with Gasteiger partial charge >= 0.3 is 0 Å². The van der Waals surface area contributed by atoms with Crippen molar-refractivity contribution >= 4 is 17.3 Å². The summed E-state index contributed by atoms with van der Waals surface area (Å²) in [5.41, 5.74) is 6.07. The summed E-state index contributed by atoms with van der Waals surface area (Å²) in [6.07, 6.45) is 9.40. The zero-order valence-corrected chi connectivity index (χ0v) is 22.3. The highest BCUT2D eigenvalue weighted by Gasteiger charge is 2.24. The van der Waals surface area contributed by atoms with E-state index in [1.807, 2.05) is 48.9 Å². The SMILES string of the molecule is Cc1c(-c2cc(Sc3ccccc3C#N)c3c(C#N)cnn3c2)cnn1C1CCN(Cc2ccccn2)CC1. The fourth-order valence-corrected chi connectivity index (χ4v) is 6.37. The summed E-state index contributed by atoms with van der Waals surface area (Å²) < 4.78 is 3.93. The molecule has 8 nitrogen and oxygen atoms in total. The van der Waals surface area contributed by atoms with E-state index in [1.54, 1.807) is 16.8 Å². The molecule has 5 heterocycles. The molecule has 192 valence electrons. The first-order chi connectivity index (χ1) is 19.1. The van der Waals surface area contributed by atoms with Gasteiger partial charge < -0.3 is 0 Å². The van der Waals surface area contributed by atoms with Crippen LogP contribution in [0.4, 0.5) is 0 Å². The number of aromatic nitrogens is 5. The van der Waals surface area contributed by atoms with Crippen molar-refractivity contribution in [3.63, 3.8) is 0 Å². The fraction of sp³-hybridized carbons (Fsp3) is 0.233. The molecule has 0 atom stereocenters. The van der Waals surface area contributed by atoms with E-state index in [2.05, 4.69) is 50.9 Å². The Hall–Kier alpha value is -4.44. The van der Waals surface area contributed by atoms with Crippen LogP contribution in [0.1, 0.15) is 41.4 Å². The second kappa shape index (κ2) is 10.7. The lowest BCUT2D eigenvalue weighted by molar-refractivity contribution is 0.170. The minimum atomic E-state index is 0.341. The predicted molar refractivity (Wildman–Crippen MR) is 149 cm³/mol. The van der Waals surface area contributed by atoms with E-state index in [9.17, 15) is 10.5 Å². The average molecular weight is 531 g/mol. The van der Waals surface area contributed by atoms with Crippen LogP contribution in [0, 0.1) is 29.6 Å². The van der Waals surface area contributed by atoms with Gasteiger partial charge in [0.15, 0.2) is 0 Å². The highest BCUT2D eigenvalue weighted by molar-refractivity contribution is 7.99. The molecular weight excluding hydrogens is 504 g/mol. The zero-order valence-electron chi connectivity index (χ0n) is 21.5. The molecule has 0 saturated carbocycles. The highest BCUT2D eigenvalue weighted by atomic mass is 32.2. The Balaban J connectivity index is 1.28. The lowest BCUT2D eigenvalue weighted by atomic mass is 10.0. The maximum atomic E-state index is 9.71. The Morgan fingerprint density at radius 3 is 2.51 bits per heavy atom. The Morgan fingerprint density at radius 1 is 0.949 bits per heavy atom. The molecule has 0 radical (unpaired) electrons. The molecule has 0 N–H and O–H groups in total. The molecule has 5 aromatic rings. The molecule has 1 aliphatic heterocycles. The Morgan fingerprint density at radius 2 is 1.74 bits per heavy atom. The smallest absolute Gasteiger partial charge is 0.103 e. The zero-order chi connectivity index (χ0) is 26.8. The van der Waals surface area contributed by atoms with Gasteiger partial charge in [0.05, 0.1) is 40.8 Å². The molecule has 1 fully saturated rings. The number of rotatable bonds is 6. The Kier molecular flexibility index (Phi) is 6.85. The van der Waals surface area contributed by atoms with Crippen molar-refractivity contribution in [3.05, 3.63) is 95.8 Å². The molecule has 0 amide bonds. The van der Waals surface area contributed by atoms with Crippen LogP contribution in [0.15, 0.2) is 83.1 Å². The van der Waals surface area contributed by atoms with Gasteiger partial charge in [-0.05, 0) is 50.1 Å². The predicted octanol–water partition coefficient (Wildman–Crippen LogP) is 5.63. The first-order valence-electron chi connectivity index (χ1n) is 12.9. The number of piperidine rings is 1. The first kappa shape index (κ1) is 24.9. The van der Waals surface area contributed by atoms with E-state index < -0.39 is 0 Å². The van der Waals surface area contributed by atoms with Gasteiger partial charge in [0.2, 0.25) is 0 Å². The van der Waals surface area contributed by atoms with Crippen LogP contribution in [0.5, 0.6) is 0 Å². The second-order valence-electron chi connectivity index (χ2n) is 9.68. The molecule has 0 aliphatic carbocycles. The van der Waals surface area contributed by atoms with Gasteiger partial charge in [0.1, 0.15) is 12.1 Å². The number of pyridine rings is 2. The minimum Gasteiger partial charge on any atom is -0.297 e. The Bertz CT molecular complexity index is 1720. The summed E-state index contributed by atoms with van der Waals surface area (Å²) in [6, 6.07) is 20.5. The van der Waals surface area contributed by atoms with Gasteiger partial charge in [-0.1, -0.05) is 30.0 Å². The van der Waals surface area contributed by atoms with Gasteiger partial charge in [-0.25, -0.2) is 4.52 Å². The van der Waals surface area contributed by atoms with Crippen molar-refractivity contribution in [2.45, 2.75) is 42.1 Å². The second-order valence-corrected chi connectivity index (χ2v) is 10.8. The number of nitrogens with zero attached hydrogens (tertiary/aromatic N) is 8. The van der Waals surface area contributed by atoms with Gasteiger partial charge in [-0.15, -0.1) is 0 Å². The summed E-state index contributed by atoms with van der Waals surface area (Å²) in [4.78, 5) is 8.64. The fourth-order valence-electron chi connectivity index (χ4n) is 5.28. The van der Waals surface area contributed by atoms with Crippen LogP contribution in [-0.4, -0.2) is 42.4 Å². The van der Waals surface area contributed by atoms with E-state index in [0.717, 1.165) is 70.3 Å². The van der Waals surface area contributed by atoms with Crippen LogP contribution >= 0.6 is 11.8 Å². The van der Waals surface area contributed by atoms with Gasteiger partial charge in [0, 0.05) is 58.6 Å².